The smallest absolute Gasteiger partial charge is 0.280 e. The second-order valence-corrected chi connectivity index (χ2v) is 5.94. The molecule has 140 valence electrons. The monoisotopic (exact) mass is 369 g/mol. The summed E-state index contributed by atoms with van der Waals surface area (Å²) >= 11 is 0. The Balaban J connectivity index is 2.08. The molecule has 6 nitrogen and oxygen atoms in total. The lowest BCUT2D eigenvalue weighted by Gasteiger charge is -2.10. The van der Waals surface area contributed by atoms with Gasteiger partial charge in [0.05, 0.1) is 31.2 Å². The van der Waals surface area contributed by atoms with Crippen LogP contribution in [0.1, 0.15) is 18.2 Å². The fourth-order valence-corrected chi connectivity index (χ4v) is 2.94. The SMILES string of the molecule is COc1cccc(N=C(C)c2c(C)[nH]n(-c3ccc(F)cc3)c2=O)c1OC. The molecule has 1 heterocycles. The zero-order valence-electron chi connectivity index (χ0n) is 15.5. The Hall–Kier alpha value is -3.35. The summed E-state index contributed by atoms with van der Waals surface area (Å²) in [5, 5.41) is 3.01. The molecule has 0 spiro atoms. The number of para-hydroxylation sites is 1. The quantitative estimate of drug-likeness (QED) is 0.696. The Labute approximate surface area is 155 Å². The number of aromatic nitrogens is 2. The van der Waals surface area contributed by atoms with Crippen molar-refractivity contribution in [2.24, 2.45) is 4.99 Å². The number of benzene rings is 2. The van der Waals surface area contributed by atoms with Crippen molar-refractivity contribution < 1.29 is 13.9 Å². The molecule has 1 aromatic heterocycles. The molecule has 0 aliphatic heterocycles. The van der Waals surface area contributed by atoms with E-state index < -0.39 is 0 Å². The summed E-state index contributed by atoms with van der Waals surface area (Å²) in [7, 11) is 3.09. The molecule has 0 saturated heterocycles. The number of nitrogens with zero attached hydrogens (tertiary/aromatic N) is 2. The molecule has 1 N–H and O–H groups in total. The first-order valence-electron chi connectivity index (χ1n) is 8.30. The normalized spacial score (nSPS) is 11.5. The maximum Gasteiger partial charge on any atom is 0.280 e. The zero-order chi connectivity index (χ0) is 19.6. The van der Waals surface area contributed by atoms with Gasteiger partial charge < -0.3 is 9.47 Å². The van der Waals surface area contributed by atoms with Crippen molar-refractivity contribution >= 4 is 11.4 Å². The maximum absolute atomic E-state index is 13.2. The van der Waals surface area contributed by atoms with Crippen LogP contribution < -0.4 is 15.0 Å². The van der Waals surface area contributed by atoms with Crippen LogP contribution >= 0.6 is 0 Å². The molecule has 2 aromatic carbocycles. The summed E-state index contributed by atoms with van der Waals surface area (Å²) in [6.07, 6.45) is 0. The predicted molar refractivity (Wildman–Crippen MR) is 103 cm³/mol. The van der Waals surface area contributed by atoms with Crippen molar-refractivity contribution in [3.63, 3.8) is 0 Å². The largest absolute Gasteiger partial charge is 0.493 e. The molecule has 0 radical (unpaired) electrons. The Morgan fingerprint density at radius 1 is 1.11 bits per heavy atom. The molecular formula is C20H20FN3O3. The van der Waals surface area contributed by atoms with Crippen LogP contribution in [0.3, 0.4) is 0 Å². The average Bonchev–Trinajstić information content (AvgIpc) is 2.96. The molecule has 0 aliphatic rings. The van der Waals surface area contributed by atoms with Crippen LogP contribution in [0.15, 0.2) is 52.3 Å². The van der Waals surface area contributed by atoms with Gasteiger partial charge in [0.15, 0.2) is 11.5 Å². The summed E-state index contributed by atoms with van der Waals surface area (Å²) in [5.74, 6) is 0.686. The number of halogens is 1. The molecule has 0 amide bonds. The highest BCUT2D eigenvalue weighted by atomic mass is 19.1. The molecule has 3 aromatic rings. The number of ether oxygens (including phenoxy) is 2. The number of nitrogens with one attached hydrogen (secondary N) is 1. The minimum atomic E-state index is -0.363. The van der Waals surface area contributed by atoms with E-state index in [-0.39, 0.29) is 11.4 Å². The minimum Gasteiger partial charge on any atom is -0.493 e. The molecule has 0 fully saturated rings. The van der Waals surface area contributed by atoms with Crippen LogP contribution in [0, 0.1) is 12.7 Å². The van der Waals surface area contributed by atoms with Crippen LogP contribution in [0.5, 0.6) is 11.5 Å². The van der Waals surface area contributed by atoms with Crippen molar-refractivity contribution in [2.75, 3.05) is 14.2 Å². The third kappa shape index (κ3) is 3.48. The first kappa shape index (κ1) is 18.4. The average molecular weight is 369 g/mol. The summed E-state index contributed by atoms with van der Waals surface area (Å²) in [5.41, 5.74) is 2.48. The second-order valence-electron chi connectivity index (χ2n) is 5.94. The third-order valence-electron chi connectivity index (χ3n) is 4.19. The van der Waals surface area contributed by atoms with Crippen LogP contribution in [0.25, 0.3) is 5.69 Å². The Bertz CT molecular complexity index is 1050. The molecular weight excluding hydrogens is 349 g/mol. The molecule has 27 heavy (non-hydrogen) atoms. The van der Waals surface area contributed by atoms with Gasteiger partial charge in [-0.15, -0.1) is 0 Å². The van der Waals surface area contributed by atoms with Gasteiger partial charge in [-0.05, 0) is 50.2 Å². The summed E-state index contributed by atoms with van der Waals surface area (Å²) in [6.45, 7) is 3.55. The molecule has 0 aliphatic carbocycles. The fraction of sp³-hybridized carbons (Fsp3) is 0.200. The van der Waals surface area contributed by atoms with Gasteiger partial charge in [0.1, 0.15) is 11.5 Å². The van der Waals surface area contributed by atoms with Crippen LogP contribution in [0.2, 0.25) is 0 Å². The highest BCUT2D eigenvalue weighted by Crippen LogP contribution is 2.37. The van der Waals surface area contributed by atoms with E-state index in [2.05, 4.69) is 10.1 Å². The number of methoxy groups -OCH3 is 2. The number of hydrogen-bond acceptors (Lipinski definition) is 4. The van der Waals surface area contributed by atoms with Crippen molar-refractivity contribution in [1.29, 1.82) is 0 Å². The van der Waals surface area contributed by atoms with Crippen molar-refractivity contribution in [1.82, 2.24) is 9.78 Å². The minimum absolute atomic E-state index is 0.262. The number of aryl methyl sites for hydroxylation is 1. The fourth-order valence-electron chi connectivity index (χ4n) is 2.94. The number of H-pyrrole nitrogens is 1. The van der Waals surface area contributed by atoms with Gasteiger partial charge in [-0.1, -0.05) is 6.07 Å². The van der Waals surface area contributed by atoms with Crippen LogP contribution in [-0.2, 0) is 0 Å². The number of aromatic amines is 1. The summed E-state index contributed by atoms with van der Waals surface area (Å²) in [4.78, 5) is 17.5. The summed E-state index contributed by atoms with van der Waals surface area (Å²) in [6, 6.07) is 11.0. The lowest BCUT2D eigenvalue weighted by Crippen LogP contribution is -2.19. The van der Waals surface area contributed by atoms with E-state index in [4.69, 9.17) is 9.47 Å². The van der Waals surface area contributed by atoms with Gasteiger partial charge in [0.25, 0.3) is 5.56 Å². The standard InChI is InChI=1S/C20H20FN3O3/c1-12(22-16-6-5-7-17(26-3)19(16)27-4)18-13(2)23-24(20(18)25)15-10-8-14(21)9-11-15/h5-11,23H,1-4H3. The van der Waals surface area contributed by atoms with Crippen molar-refractivity contribution in [3.8, 4) is 17.2 Å². The van der Waals surface area contributed by atoms with Gasteiger partial charge in [0.2, 0.25) is 0 Å². The Morgan fingerprint density at radius 3 is 2.44 bits per heavy atom. The van der Waals surface area contributed by atoms with E-state index >= 15 is 0 Å². The predicted octanol–water partition coefficient (Wildman–Crippen LogP) is 3.77. The Morgan fingerprint density at radius 2 is 1.81 bits per heavy atom. The maximum atomic E-state index is 13.2. The highest BCUT2D eigenvalue weighted by molar-refractivity contribution is 6.01. The Kier molecular flexibility index (Phi) is 5.12. The molecule has 0 atom stereocenters. The van der Waals surface area contributed by atoms with E-state index in [1.54, 1.807) is 39.2 Å². The number of rotatable bonds is 5. The van der Waals surface area contributed by atoms with E-state index in [0.717, 1.165) is 0 Å². The number of hydrogen-bond donors (Lipinski definition) is 1. The van der Waals surface area contributed by atoms with Crippen molar-refractivity contribution in [2.45, 2.75) is 13.8 Å². The molecule has 7 heteroatoms. The van der Waals surface area contributed by atoms with Gasteiger partial charge >= 0.3 is 0 Å². The molecule has 0 unspecified atom stereocenters. The zero-order valence-corrected chi connectivity index (χ0v) is 15.5. The van der Waals surface area contributed by atoms with Crippen LogP contribution in [0.4, 0.5) is 10.1 Å². The van der Waals surface area contributed by atoms with Gasteiger partial charge in [-0.25, -0.2) is 14.1 Å². The van der Waals surface area contributed by atoms with E-state index in [9.17, 15) is 9.18 Å². The van der Waals surface area contributed by atoms with Gasteiger partial charge in [0, 0.05) is 5.69 Å². The number of aliphatic imine (C=N–C) groups is 1. The lowest BCUT2D eigenvalue weighted by molar-refractivity contribution is 0.356. The third-order valence-corrected chi connectivity index (χ3v) is 4.19. The van der Waals surface area contributed by atoms with Crippen molar-refractivity contribution in [3.05, 3.63) is 69.9 Å². The van der Waals surface area contributed by atoms with Crippen LogP contribution in [-0.4, -0.2) is 29.7 Å². The van der Waals surface area contributed by atoms with Gasteiger partial charge in [-0.2, -0.15) is 0 Å². The van der Waals surface area contributed by atoms with E-state index in [1.807, 2.05) is 0 Å². The topological polar surface area (TPSA) is 68.6 Å². The van der Waals surface area contributed by atoms with E-state index in [1.165, 1.54) is 36.1 Å². The lowest BCUT2D eigenvalue weighted by atomic mass is 10.1. The molecule has 0 saturated carbocycles. The first-order chi connectivity index (χ1) is 13.0. The highest BCUT2D eigenvalue weighted by Gasteiger charge is 2.16. The first-order valence-corrected chi connectivity index (χ1v) is 8.30. The second kappa shape index (κ2) is 7.49. The summed E-state index contributed by atoms with van der Waals surface area (Å²) < 4.78 is 25.2. The molecule has 3 rings (SSSR count). The van der Waals surface area contributed by atoms with E-state index in [0.29, 0.717) is 39.8 Å². The van der Waals surface area contributed by atoms with Gasteiger partial charge in [-0.3, -0.25) is 9.89 Å². The molecule has 0 bridgehead atoms.